The highest BCUT2D eigenvalue weighted by molar-refractivity contribution is 5.79. The van der Waals surface area contributed by atoms with Crippen molar-refractivity contribution in [2.45, 2.75) is 266 Å². The number of aliphatic hydroxyl groups excluding tert-OH is 9. The van der Waals surface area contributed by atoms with Gasteiger partial charge in [0.1, 0.15) is 84.9 Å². The van der Waals surface area contributed by atoms with Gasteiger partial charge in [0, 0.05) is 131 Å². The second kappa shape index (κ2) is 57.6. The molecule has 3 rings (SSSR count). The molecular formula is C71H126N10O29. The van der Waals surface area contributed by atoms with E-state index in [4.69, 9.17) is 42.6 Å². The van der Waals surface area contributed by atoms with E-state index in [1.165, 1.54) is 20.8 Å². The predicted molar refractivity (Wildman–Crippen MR) is 388 cm³/mol. The fourth-order valence-corrected chi connectivity index (χ4v) is 11.9. The van der Waals surface area contributed by atoms with Crippen LogP contribution in [0.2, 0.25) is 0 Å². The van der Waals surface area contributed by atoms with Crippen LogP contribution in [0.25, 0.3) is 0 Å². The number of rotatable bonds is 61. The van der Waals surface area contributed by atoms with Gasteiger partial charge in [0.2, 0.25) is 59.1 Å². The summed E-state index contributed by atoms with van der Waals surface area (Å²) in [5.41, 5.74) is -1.41. The molecule has 0 spiro atoms. The molecule has 0 radical (unpaired) electrons. The number of aldehydes is 1. The molecule has 39 nitrogen and oxygen atoms in total. The van der Waals surface area contributed by atoms with Crippen molar-refractivity contribution in [3.8, 4) is 0 Å². The second-order valence-electron chi connectivity index (χ2n) is 27.5. The number of amides is 10. The van der Waals surface area contributed by atoms with Crippen LogP contribution in [0.1, 0.15) is 168 Å². The summed E-state index contributed by atoms with van der Waals surface area (Å²) in [6.07, 6.45) is -5.79. The number of aliphatic hydroxyl groups is 9. The maximum Gasteiger partial charge on any atom is 0.222 e. The van der Waals surface area contributed by atoms with Gasteiger partial charge < -0.3 is 147 Å². The Bertz CT molecular complexity index is 2440. The van der Waals surface area contributed by atoms with E-state index in [2.05, 4.69) is 53.2 Å². The van der Waals surface area contributed by atoms with Gasteiger partial charge in [-0.05, 0) is 70.6 Å². The molecule has 634 valence electrons. The topological polar surface area (TPSA) is 573 Å². The van der Waals surface area contributed by atoms with Gasteiger partial charge in [-0.25, -0.2) is 0 Å². The minimum absolute atomic E-state index is 0.0791. The first-order chi connectivity index (χ1) is 52.8. The normalized spacial score (nSPS) is 24.3. The number of nitrogens with one attached hydrogen (secondary N) is 10. The zero-order chi connectivity index (χ0) is 81.1. The number of carbonyl (C=O) groups is 11. The van der Waals surface area contributed by atoms with E-state index in [0.29, 0.717) is 70.6 Å². The molecule has 3 fully saturated rings. The van der Waals surface area contributed by atoms with Crippen LogP contribution in [0.15, 0.2) is 0 Å². The molecule has 110 heavy (non-hydrogen) atoms. The van der Waals surface area contributed by atoms with Crippen LogP contribution in [0.5, 0.6) is 0 Å². The third kappa shape index (κ3) is 40.9. The fraction of sp³-hybridized carbons (Fsp3) is 0.845. The van der Waals surface area contributed by atoms with Crippen molar-refractivity contribution in [3.63, 3.8) is 0 Å². The van der Waals surface area contributed by atoms with Gasteiger partial charge in [-0.1, -0.05) is 25.7 Å². The molecule has 3 saturated heterocycles. The second-order valence-corrected chi connectivity index (χ2v) is 27.5. The van der Waals surface area contributed by atoms with Gasteiger partial charge in [-0.2, -0.15) is 0 Å². The van der Waals surface area contributed by atoms with Crippen LogP contribution >= 0.6 is 0 Å². The van der Waals surface area contributed by atoms with Gasteiger partial charge in [0.15, 0.2) is 18.9 Å². The summed E-state index contributed by atoms with van der Waals surface area (Å²) in [7, 11) is 0. The van der Waals surface area contributed by atoms with Crippen LogP contribution in [-0.4, -0.2) is 327 Å². The maximum absolute atomic E-state index is 13.8. The van der Waals surface area contributed by atoms with Crippen LogP contribution in [-0.2, 0) is 95.4 Å². The smallest absolute Gasteiger partial charge is 0.222 e. The van der Waals surface area contributed by atoms with E-state index in [1.54, 1.807) is 0 Å². The molecule has 39 heteroatoms. The highest BCUT2D eigenvalue weighted by Gasteiger charge is 2.48. The predicted octanol–water partition coefficient (Wildman–Crippen LogP) is -5.36. The molecule has 0 aliphatic carbocycles. The third-order valence-corrected chi connectivity index (χ3v) is 17.9. The Morgan fingerprint density at radius 1 is 0.336 bits per heavy atom. The van der Waals surface area contributed by atoms with Crippen molar-refractivity contribution in [1.29, 1.82) is 0 Å². The first kappa shape index (κ1) is 97.8. The lowest BCUT2D eigenvalue weighted by Gasteiger charge is -2.42. The summed E-state index contributed by atoms with van der Waals surface area (Å²) >= 11 is 0. The number of carbonyl (C=O) groups excluding carboxylic acids is 11. The Labute approximate surface area is 642 Å². The Hall–Kier alpha value is -6.35. The van der Waals surface area contributed by atoms with Gasteiger partial charge in [-0.3, -0.25) is 47.9 Å². The zero-order valence-electron chi connectivity index (χ0n) is 63.9. The Balaban J connectivity index is 1.53. The quantitative estimate of drug-likeness (QED) is 0.0200. The number of hydrogen-bond donors (Lipinski definition) is 19. The molecule has 3 aliphatic rings. The summed E-state index contributed by atoms with van der Waals surface area (Å²) < 4.78 is 52.0. The number of unbranched alkanes of at least 4 members (excludes halogenated alkanes) is 9. The minimum atomic E-state index is -1.46. The SMILES string of the molecule is CC(=O)NC1C(O)[C@@H](O)C(CO)O[C@H]1OCCCCC(=O)NCCCNC(=O)CCOCC(COCCC(=O)NCCCNC(=O)CCCCO[C@@H]1OC(CO)[C@H](O)C(O)C1NC(C)=O)(COCCC(=O)NCCCNC(=O)CCCCO[C@@H]1OC(CO)[C@H](O)C(O)C1NC(C)=O)NC(=O)CCCCCCCCC=O. The molecule has 0 aromatic heterocycles. The molecule has 9 unspecified atom stereocenters. The molecule has 0 aromatic carbocycles. The van der Waals surface area contributed by atoms with Gasteiger partial charge in [-0.15, -0.1) is 0 Å². The Kier molecular flexibility index (Phi) is 51.3. The van der Waals surface area contributed by atoms with Crippen LogP contribution in [0.3, 0.4) is 0 Å². The first-order valence-electron chi connectivity index (χ1n) is 38.4. The molecule has 3 aliphatic heterocycles. The summed E-state index contributed by atoms with van der Waals surface area (Å²) in [6.45, 7) is 2.44. The highest BCUT2D eigenvalue weighted by Crippen LogP contribution is 2.26. The first-order valence-corrected chi connectivity index (χ1v) is 38.4. The third-order valence-electron chi connectivity index (χ3n) is 17.9. The van der Waals surface area contributed by atoms with E-state index in [1.807, 2.05) is 0 Å². The number of hydrogen-bond acceptors (Lipinski definition) is 29. The van der Waals surface area contributed by atoms with E-state index < -0.39 is 135 Å². The van der Waals surface area contributed by atoms with Gasteiger partial charge in [0.05, 0.1) is 59.5 Å². The molecule has 0 bridgehead atoms. The average Bonchev–Trinajstić information content (AvgIpc) is 0.818. The summed E-state index contributed by atoms with van der Waals surface area (Å²) in [5, 5.41) is 118. The largest absolute Gasteiger partial charge is 0.394 e. The van der Waals surface area contributed by atoms with E-state index in [-0.39, 0.29) is 185 Å². The van der Waals surface area contributed by atoms with Crippen molar-refractivity contribution in [2.75, 3.05) is 119 Å². The van der Waals surface area contributed by atoms with Gasteiger partial charge >= 0.3 is 0 Å². The van der Waals surface area contributed by atoms with Crippen LogP contribution in [0, 0.1) is 0 Å². The van der Waals surface area contributed by atoms with E-state index in [9.17, 15) is 98.7 Å². The monoisotopic (exact) mass is 1580 g/mol. The summed E-state index contributed by atoms with van der Waals surface area (Å²) in [5.74, 6) is -3.71. The fourth-order valence-electron chi connectivity index (χ4n) is 11.9. The Morgan fingerprint density at radius 2 is 0.600 bits per heavy atom. The molecular weight excluding hydrogens is 1460 g/mol. The molecule has 3 heterocycles. The molecule has 15 atom stereocenters. The minimum Gasteiger partial charge on any atom is -0.394 e. The summed E-state index contributed by atoms with van der Waals surface area (Å²) in [4.78, 5) is 137. The molecule has 0 aromatic rings. The standard InChI is InChI=1S/C71H126N10O29/c1-46(86)78-59-65(99)62(96)49(40-83)108-68(59)105-34-14-10-20-52(89)72-27-17-30-75-55(92)24-37-102-43-71(81-58(95)23-9-7-5-4-6-8-13-33-82,44-103-38-25-56(93)76-31-18-28-73-53(90)21-11-15-35-106-69-60(79-47(2)87)66(100)63(97)50(41-84)109-69)45-104-39-26-57(94)77-32-19-29-74-54(91)22-12-16-36-107-70-61(80-48(3)88)67(101)64(98)51(42-85)110-70/h33,49-51,59-70,83-85,96-101H,4-32,34-45H2,1-3H3,(H,72,89)(H,73,90)(H,74,91)(H,75,92)(H,76,93)(H,77,94)(H,78,86)(H,79,87)(H,80,88)(H,81,95)/t49?,50?,51?,59?,60?,61?,62-,63-,64-,65?,66?,67?,68+,69+,70+,71?/m0/s1. The van der Waals surface area contributed by atoms with Gasteiger partial charge in [0.25, 0.3) is 0 Å². The zero-order valence-corrected chi connectivity index (χ0v) is 63.9. The maximum atomic E-state index is 13.8. The van der Waals surface area contributed by atoms with Crippen molar-refractivity contribution in [3.05, 3.63) is 0 Å². The van der Waals surface area contributed by atoms with Crippen molar-refractivity contribution >= 4 is 65.4 Å². The van der Waals surface area contributed by atoms with Crippen LogP contribution in [0.4, 0.5) is 0 Å². The highest BCUT2D eigenvalue weighted by atomic mass is 16.7. The summed E-state index contributed by atoms with van der Waals surface area (Å²) in [6, 6.07) is -3.28. The van der Waals surface area contributed by atoms with Crippen molar-refractivity contribution < 1.29 is 141 Å². The van der Waals surface area contributed by atoms with Crippen molar-refractivity contribution in [2.24, 2.45) is 0 Å². The van der Waals surface area contributed by atoms with Crippen LogP contribution < -0.4 is 53.2 Å². The molecule has 10 amide bonds. The van der Waals surface area contributed by atoms with E-state index in [0.717, 1.165) is 38.4 Å². The lowest BCUT2D eigenvalue weighted by Crippen LogP contribution is -2.64. The average molecular weight is 1580 g/mol. The Morgan fingerprint density at radius 3 is 0.882 bits per heavy atom. The molecule has 19 N–H and O–H groups in total. The lowest BCUT2D eigenvalue weighted by atomic mass is 9.97. The van der Waals surface area contributed by atoms with Crippen molar-refractivity contribution in [1.82, 2.24) is 53.2 Å². The van der Waals surface area contributed by atoms with E-state index >= 15 is 0 Å². The number of ether oxygens (including phenoxy) is 9. The lowest BCUT2D eigenvalue weighted by molar-refractivity contribution is -0.270. The molecule has 0 saturated carbocycles.